The first-order valence-electron chi connectivity index (χ1n) is 5.83. The van der Waals surface area contributed by atoms with E-state index in [0.29, 0.717) is 13.1 Å². The molecule has 1 aliphatic heterocycles. The van der Waals surface area contributed by atoms with E-state index in [1.54, 1.807) is 16.2 Å². The average Bonchev–Trinajstić information content (AvgIpc) is 3.06. The summed E-state index contributed by atoms with van der Waals surface area (Å²) in [5.41, 5.74) is 1.16. The Labute approximate surface area is 113 Å². The van der Waals surface area contributed by atoms with E-state index in [0.717, 1.165) is 12.0 Å². The van der Waals surface area contributed by atoms with Crippen molar-refractivity contribution in [2.75, 3.05) is 6.54 Å². The highest BCUT2D eigenvalue weighted by atomic mass is 32.1. The number of carbonyl (C=O) groups excluding carboxylic acids is 1. The number of furan rings is 1. The van der Waals surface area contributed by atoms with Crippen molar-refractivity contribution in [3.05, 3.63) is 45.5 Å². The molecule has 0 radical (unpaired) electrons. The Bertz CT molecular complexity index is 643. The molecule has 1 amide bonds. The van der Waals surface area contributed by atoms with Crippen LogP contribution in [0.15, 0.2) is 28.0 Å². The fourth-order valence-corrected chi connectivity index (χ4v) is 3.04. The zero-order valence-corrected chi connectivity index (χ0v) is 10.8. The van der Waals surface area contributed by atoms with Crippen molar-refractivity contribution in [3.63, 3.8) is 0 Å². The fraction of sp³-hybridized carbons (Fsp3) is 0.231. The Morgan fingerprint density at radius 2 is 2.05 bits per heavy atom. The van der Waals surface area contributed by atoms with Crippen LogP contribution in [-0.4, -0.2) is 28.4 Å². The normalized spacial score (nSPS) is 14.2. The monoisotopic (exact) mass is 277 g/mol. The molecule has 0 saturated carbocycles. The Balaban J connectivity index is 1.79. The van der Waals surface area contributed by atoms with Gasteiger partial charge in [-0.15, -0.1) is 11.3 Å². The van der Waals surface area contributed by atoms with Crippen molar-refractivity contribution < 1.29 is 19.1 Å². The molecule has 0 aliphatic carbocycles. The number of hydrogen-bond acceptors (Lipinski definition) is 4. The van der Waals surface area contributed by atoms with Crippen molar-refractivity contribution in [3.8, 4) is 0 Å². The van der Waals surface area contributed by atoms with Crippen LogP contribution in [0.1, 0.15) is 31.6 Å². The highest BCUT2D eigenvalue weighted by Gasteiger charge is 2.25. The van der Waals surface area contributed by atoms with Crippen molar-refractivity contribution in [1.82, 2.24) is 4.90 Å². The molecule has 2 aromatic rings. The summed E-state index contributed by atoms with van der Waals surface area (Å²) < 4.78 is 5.04. The van der Waals surface area contributed by atoms with Gasteiger partial charge in [-0.05, 0) is 35.6 Å². The first-order chi connectivity index (χ1) is 9.15. The van der Waals surface area contributed by atoms with E-state index >= 15 is 0 Å². The zero-order valence-electron chi connectivity index (χ0n) is 9.96. The van der Waals surface area contributed by atoms with Crippen LogP contribution in [0.4, 0.5) is 0 Å². The van der Waals surface area contributed by atoms with Crippen LogP contribution in [0.25, 0.3) is 0 Å². The highest BCUT2D eigenvalue weighted by molar-refractivity contribution is 7.10. The van der Waals surface area contributed by atoms with Gasteiger partial charge in [0, 0.05) is 18.0 Å². The number of carboxylic acid groups (broad SMARTS) is 1. The van der Waals surface area contributed by atoms with Gasteiger partial charge < -0.3 is 14.4 Å². The number of carbonyl (C=O) groups is 2. The minimum absolute atomic E-state index is 0.0797. The van der Waals surface area contributed by atoms with E-state index < -0.39 is 5.97 Å². The lowest BCUT2D eigenvalue weighted by molar-refractivity contribution is 0.0645. The maximum absolute atomic E-state index is 12.2. The molecule has 0 atom stereocenters. The summed E-state index contributed by atoms with van der Waals surface area (Å²) in [7, 11) is 0. The van der Waals surface area contributed by atoms with Gasteiger partial charge in [-0.25, -0.2) is 4.79 Å². The van der Waals surface area contributed by atoms with Crippen LogP contribution in [0, 0.1) is 0 Å². The minimum atomic E-state index is -1.17. The molecule has 5 nitrogen and oxygen atoms in total. The third-order valence-electron chi connectivity index (χ3n) is 3.12. The lowest BCUT2D eigenvalue weighted by atomic mass is 10.1. The maximum atomic E-state index is 12.2. The van der Waals surface area contributed by atoms with E-state index in [9.17, 15) is 9.59 Å². The van der Waals surface area contributed by atoms with Gasteiger partial charge >= 0.3 is 5.97 Å². The third kappa shape index (κ3) is 2.15. The predicted molar refractivity (Wildman–Crippen MR) is 68.4 cm³/mol. The largest absolute Gasteiger partial charge is 0.475 e. The van der Waals surface area contributed by atoms with Crippen molar-refractivity contribution in [2.24, 2.45) is 0 Å². The Kier molecular flexibility index (Phi) is 2.87. The molecular weight excluding hydrogens is 266 g/mol. The second kappa shape index (κ2) is 4.55. The van der Waals surface area contributed by atoms with E-state index in [1.165, 1.54) is 17.0 Å². The van der Waals surface area contributed by atoms with E-state index in [-0.39, 0.29) is 17.4 Å². The molecule has 0 aromatic carbocycles. The SMILES string of the molecule is O=C(O)c1ccc(C(=O)N2CCc3sccc3C2)o1. The van der Waals surface area contributed by atoms with Gasteiger partial charge in [0.2, 0.25) is 5.76 Å². The summed E-state index contributed by atoms with van der Waals surface area (Å²) in [6.07, 6.45) is 0.839. The zero-order chi connectivity index (χ0) is 13.4. The van der Waals surface area contributed by atoms with Crippen LogP contribution in [-0.2, 0) is 13.0 Å². The summed E-state index contributed by atoms with van der Waals surface area (Å²) >= 11 is 1.70. The van der Waals surface area contributed by atoms with Gasteiger partial charge in [0.1, 0.15) is 0 Å². The quantitative estimate of drug-likeness (QED) is 0.913. The number of aromatic carboxylic acids is 1. The molecule has 0 bridgehead atoms. The summed E-state index contributed by atoms with van der Waals surface area (Å²) in [6.45, 7) is 1.19. The molecule has 0 unspecified atom stereocenters. The van der Waals surface area contributed by atoms with Gasteiger partial charge in [-0.1, -0.05) is 0 Å². The van der Waals surface area contributed by atoms with Crippen LogP contribution < -0.4 is 0 Å². The smallest absolute Gasteiger partial charge is 0.371 e. The molecule has 1 N–H and O–H groups in total. The topological polar surface area (TPSA) is 70.8 Å². The maximum Gasteiger partial charge on any atom is 0.371 e. The molecule has 98 valence electrons. The molecule has 0 fully saturated rings. The molecule has 6 heteroatoms. The van der Waals surface area contributed by atoms with E-state index in [1.807, 2.05) is 11.4 Å². The standard InChI is InChI=1S/C13H11NO4S/c15-12(9-1-2-10(18-9)13(16)17)14-5-3-11-8(7-14)4-6-19-11/h1-2,4,6H,3,5,7H2,(H,16,17). The molecule has 0 saturated heterocycles. The number of fused-ring (bicyclic) bond motifs is 1. The number of thiophene rings is 1. The van der Waals surface area contributed by atoms with Crippen LogP contribution in [0.3, 0.4) is 0 Å². The van der Waals surface area contributed by atoms with Crippen molar-refractivity contribution in [1.29, 1.82) is 0 Å². The second-order valence-corrected chi connectivity index (χ2v) is 5.32. The number of rotatable bonds is 2. The van der Waals surface area contributed by atoms with E-state index in [2.05, 4.69) is 0 Å². The van der Waals surface area contributed by atoms with Crippen LogP contribution in [0.2, 0.25) is 0 Å². The van der Waals surface area contributed by atoms with E-state index in [4.69, 9.17) is 9.52 Å². The Hall–Kier alpha value is -2.08. The fourth-order valence-electron chi connectivity index (χ4n) is 2.15. The summed E-state index contributed by atoms with van der Waals surface area (Å²) in [5, 5.41) is 10.8. The van der Waals surface area contributed by atoms with Crippen LogP contribution in [0.5, 0.6) is 0 Å². The summed E-state index contributed by atoms with van der Waals surface area (Å²) in [5.74, 6) is -1.56. The molecule has 2 aromatic heterocycles. The van der Waals surface area contributed by atoms with Gasteiger partial charge in [0.05, 0.1) is 0 Å². The van der Waals surface area contributed by atoms with Crippen molar-refractivity contribution >= 4 is 23.2 Å². The van der Waals surface area contributed by atoms with Crippen molar-refractivity contribution in [2.45, 2.75) is 13.0 Å². The number of carboxylic acids is 1. The number of hydrogen-bond donors (Lipinski definition) is 1. The van der Waals surface area contributed by atoms with Gasteiger partial charge in [-0.2, -0.15) is 0 Å². The molecule has 19 heavy (non-hydrogen) atoms. The predicted octanol–water partition coefficient (Wildman–Crippen LogP) is 2.24. The molecular formula is C13H11NO4S. The Morgan fingerprint density at radius 3 is 2.79 bits per heavy atom. The minimum Gasteiger partial charge on any atom is -0.475 e. The highest BCUT2D eigenvalue weighted by Crippen LogP contribution is 2.25. The average molecular weight is 277 g/mol. The number of amides is 1. The molecule has 3 rings (SSSR count). The van der Waals surface area contributed by atoms with Gasteiger partial charge in [-0.3, -0.25) is 4.79 Å². The summed E-state index contributed by atoms with van der Waals surface area (Å²) in [4.78, 5) is 25.9. The first-order valence-corrected chi connectivity index (χ1v) is 6.71. The first kappa shape index (κ1) is 12.0. The Morgan fingerprint density at radius 1 is 1.26 bits per heavy atom. The third-order valence-corrected chi connectivity index (χ3v) is 4.15. The second-order valence-electron chi connectivity index (χ2n) is 4.31. The van der Waals surface area contributed by atoms with Crippen LogP contribution >= 0.6 is 11.3 Å². The molecule has 3 heterocycles. The molecule has 0 spiro atoms. The lowest BCUT2D eigenvalue weighted by Gasteiger charge is -2.26. The van der Waals surface area contributed by atoms with Gasteiger partial charge in [0.15, 0.2) is 5.76 Å². The number of nitrogens with zero attached hydrogens (tertiary/aromatic N) is 1. The lowest BCUT2D eigenvalue weighted by Crippen LogP contribution is -2.35. The van der Waals surface area contributed by atoms with Gasteiger partial charge in [0.25, 0.3) is 5.91 Å². The molecule has 1 aliphatic rings. The summed E-state index contributed by atoms with van der Waals surface area (Å²) in [6, 6.07) is 4.73.